The predicted molar refractivity (Wildman–Crippen MR) is 201 cm³/mol. The zero-order chi connectivity index (χ0) is 35.6. The lowest BCUT2D eigenvalue weighted by Gasteiger charge is -2.32. The monoisotopic (exact) mass is 718 g/mol. The van der Waals surface area contributed by atoms with E-state index < -0.39 is 18.1 Å². The molecule has 0 bridgehead atoms. The van der Waals surface area contributed by atoms with Crippen molar-refractivity contribution in [1.82, 2.24) is 25.9 Å². The molecule has 13 heteroatoms. The molecule has 1 aliphatic rings. The molecular formula is C37H47ClN8O3S. The van der Waals surface area contributed by atoms with Crippen LogP contribution in [-0.4, -0.2) is 65.9 Å². The number of hydrogen-bond donors (Lipinski definition) is 7. The number of fused-ring (bicyclic) bond motifs is 3. The number of benzene rings is 3. The third-order valence-electron chi connectivity index (χ3n) is 9.03. The van der Waals surface area contributed by atoms with E-state index in [1.165, 1.54) is 4.90 Å². The first-order valence-electron chi connectivity index (χ1n) is 17.1. The zero-order valence-electron chi connectivity index (χ0n) is 28.6. The fraction of sp³-hybridized carbons (Fsp3) is 0.378. The molecule has 0 unspecified atom stereocenters. The molecule has 11 nitrogen and oxygen atoms in total. The molecule has 266 valence electrons. The Morgan fingerprint density at radius 1 is 0.920 bits per heavy atom. The number of hydrazine groups is 1. The maximum Gasteiger partial charge on any atom is 0.245 e. The number of nitrogens with zero attached hydrogens (tertiary/aromatic N) is 1. The third-order valence-corrected chi connectivity index (χ3v) is 10.6. The Bertz CT molecular complexity index is 1800. The van der Waals surface area contributed by atoms with Crippen molar-refractivity contribution >= 4 is 57.7 Å². The molecule has 3 amide bonds. The lowest BCUT2D eigenvalue weighted by molar-refractivity contribution is -0.142. The molecule has 3 atom stereocenters. The first-order chi connectivity index (χ1) is 24.2. The van der Waals surface area contributed by atoms with Crippen molar-refractivity contribution in [2.24, 2.45) is 11.5 Å². The quantitative estimate of drug-likeness (QED) is 0.123. The van der Waals surface area contributed by atoms with Gasteiger partial charge in [0, 0.05) is 51.9 Å². The Kier molecular flexibility index (Phi) is 13.2. The highest BCUT2D eigenvalue weighted by Crippen LogP contribution is 2.38. The molecule has 3 aromatic carbocycles. The minimum Gasteiger partial charge on any atom is -0.361 e. The average molecular weight is 719 g/mol. The van der Waals surface area contributed by atoms with E-state index in [0.29, 0.717) is 50.2 Å². The van der Waals surface area contributed by atoms with E-state index in [-0.39, 0.29) is 30.7 Å². The molecule has 1 aliphatic heterocycles. The largest absolute Gasteiger partial charge is 0.361 e. The Morgan fingerprint density at radius 3 is 2.46 bits per heavy atom. The van der Waals surface area contributed by atoms with E-state index in [1.54, 1.807) is 18.8 Å². The lowest BCUT2D eigenvalue weighted by atomic mass is 10.0. The molecule has 0 aliphatic carbocycles. The van der Waals surface area contributed by atoms with Crippen molar-refractivity contribution in [2.45, 2.75) is 79.9 Å². The van der Waals surface area contributed by atoms with Gasteiger partial charge in [0.1, 0.15) is 18.1 Å². The molecule has 0 spiro atoms. The number of likely N-dealkylation sites (N-methyl/N-ethyl adjacent to an activating group) is 1. The zero-order valence-corrected chi connectivity index (χ0v) is 30.1. The fourth-order valence-corrected chi connectivity index (χ4v) is 7.61. The number of halogens is 1. The summed E-state index contributed by atoms with van der Waals surface area (Å²) in [7, 11) is 1.63. The maximum atomic E-state index is 14.4. The number of aromatic nitrogens is 1. The molecule has 0 fully saturated rings. The van der Waals surface area contributed by atoms with Crippen LogP contribution in [0.15, 0.2) is 76.7 Å². The van der Waals surface area contributed by atoms with Crippen LogP contribution in [-0.2, 0) is 27.3 Å². The van der Waals surface area contributed by atoms with Crippen molar-refractivity contribution in [3.63, 3.8) is 0 Å². The van der Waals surface area contributed by atoms with Crippen molar-refractivity contribution in [2.75, 3.05) is 25.6 Å². The van der Waals surface area contributed by atoms with Crippen LogP contribution in [0, 0.1) is 6.92 Å². The summed E-state index contributed by atoms with van der Waals surface area (Å²) in [4.78, 5) is 49.2. The highest BCUT2D eigenvalue weighted by Gasteiger charge is 2.34. The number of unbranched alkanes of at least 4 members (excludes halogenated alkanes) is 1. The van der Waals surface area contributed by atoms with Crippen LogP contribution in [0.1, 0.15) is 48.8 Å². The number of para-hydroxylation sites is 2. The van der Waals surface area contributed by atoms with Gasteiger partial charge in [-0.25, -0.2) is 5.43 Å². The van der Waals surface area contributed by atoms with Crippen LogP contribution >= 0.6 is 23.4 Å². The number of rotatable bonds is 9. The van der Waals surface area contributed by atoms with Gasteiger partial charge >= 0.3 is 0 Å². The third kappa shape index (κ3) is 9.18. The first kappa shape index (κ1) is 37.2. The van der Waals surface area contributed by atoms with Crippen LogP contribution in [0.25, 0.3) is 10.9 Å². The molecule has 1 aromatic heterocycles. The van der Waals surface area contributed by atoms with Gasteiger partial charge in [-0.2, -0.15) is 0 Å². The molecular weight excluding hydrogens is 672 g/mol. The van der Waals surface area contributed by atoms with Gasteiger partial charge in [-0.3, -0.25) is 14.4 Å². The maximum absolute atomic E-state index is 14.4. The normalized spacial score (nSPS) is 19.3. The molecule has 0 saturated heterocycles. The van der Waals surface area contributed by atoms with Crippen LogP contribution < -0.4 is 33.0 Å². The van der Waals surface area contributed by atoms with Crippen LogP contribution in [0.3, 0.4) is 0 Å². The van der Waals surface area contributed by atoms with Gasteiger partial charge in [-0.15, -0.1) is 0 Å². The molecule has 50 heavy (non-hydrogen) atoms. The smallest absolute Gasteiger partial charge is 0.245 e. The van der Waals surface area contributed by atoms with Gasteiger partial charge < -0.3 is 37.4 Å². The summed E-state index contributed by atoms with van der Waals surface area (Å²) in [5.74, 6) is -1.01. The fourth-order valence-electron chi connectivity index (χ4n) is 6.24. The highest BCUT2D eigenvalue weighted by molar-refractivity contribution is 7.99. The standard InChI is InChI=1S/C37H47ClN8O3S/c1-23-18-26(38)19-25-22-42-36(48)32(20-24-21-41-28-11-4-3-10-27(24)28)46(2)37(49)31(13-7-8-16-39)43-35(47)30(14-9-17-40)45-44-29-12-5-6-15-33(29)50-34(23)25/h3-6,10-12,15,18-19,21,30-32,41,44-45H,7-9,13-14,16-17,20,22,39-40H2,1-2H3,(H,42,48)(H,43,47)/t30-,31-,32-/m0/s1. The predicted octanol–water partition coefficient (Wildman–Crippen LogP) is 4.62. The van der Waals surface area contributed by atoms with Gasteiger partial charge in [-0.05, 0) is 99.1 Å². The summed E-state index contributed by atoms with van der Waals surface area (Å²) < 4.78 is 0. The van der Waals surface area contributed by atoms with Gasteiger partial charge in [0.05, 0.1) is 5.69 Å². The van der Waals surface area contributed by atoms with Crippen molar-refractivity contribution < 1.29 is 14.4 Å². The number of hydrogen-bond acceptors (Lipinski definition) is 8. The average Bonchev–Trinajstić information content (AvgIpc) is 3.52. The van der Waals surface area contributed by atoms with E-state index in [0.717, 1.165) is 43.1 Å². The molecule has 4 aromatic rings. The summed E-state index contributed by atoms with van der Waals surface area (Å²) in [5.41, 5.74) is 22.5. The number of aromatic amines is 1. The number of H-pyrrole nitrogens is 1. The molecule has 2 heterocycles. The van der Waals surface area contributed by atoms with Crippen LogP contribution in [0.4, 0.5) is 5.69 Å². The summed E-state index contributed by atoms with van der Waals surface area (Å²) in [6, 6.07) is 17.0. The van der Waals surface area contributed by atoms with Gasteiger partial charge in [0.25, 0.3) is 0 Å². The van der Waals surface area contributed by atoms with E-state index in [1.807, 2.05) is 73.8 Å². The second-order valence-corrected chi connectivity index (χ2v) is 14.1. The summed E-state index contributed by atoms with van der Waals surface area (Å²) in [6.07, 6.45) is 4.86. The summed E-state index contributed by atoms with van der Waals surface area (Å²) in [5, 5.41) is 7.67. The van der Waals surface area contributed by atoms with Gasteiger partial charge in [-0.1, -0.05) is 53.7 Å². The number of anilines is 1. The number of nitrogens with two attached hydrogens (primary N) is 2. The number of nitrogens with one attached hydrogen (secondary N) is 5. The molecule has 0 saturated carbocycles. The van der Waals surface area contributed by atoms with E-state index in [2.05, 4.69) is 26.5 Å². The SMILES string of the molecule is Cc1cc(Cl)cc2c1Sc1ccccc1NN[C@@H](CCCN)C(=O)N[C@@H](CCCCN)C(=O)N(C)[C@@H](Cc1c[nH]c3ccccc13)C(=O)NC2. The van der Waals surface area contributed by atoms with E-state index in [9.17, 15) is 14.4 Å². The summed E-state index contributed by atoms with van der Waals surface area (Å²) >= 11 is 8.10. The lowest BCUT2D eigenvalue weighted by Crippen LogP contribution is -2.57. The van der Waals surface area contributed by atoms with Crippen LogP contribution in [0.5, 0.6) is 0 Å². The Morgan fingerprint density at radius 2 is 1.66 bits per heavy atom. The topological polar surface area (TPSA) is 170 Å². The summed E-state index contributed by atoms with van der Waals surface area (Å²) in [6.45, 7) is 3.05. The van der Waals surface area contributed by atoms with Crippen molar-refractivity contribution in [3.05, 3.63) is 88.6 Å². The second kappa shape index (κ2) is 17.7. The molecule has 9 N–H and O–H groups in total. The first-order valence-corrected chi connectivity index (χ1v) is 18.3. The number of aryl methyl sites for hydroxylation is 1. The Hall–Kier alpha value is -4.07. The highest BCUT2D eigenvalue weighted by atomic mass is 35.5. The van der Waals surface area contributed by atoms with Gasteiger partial charge in [0.2, 0.25) is 17.7 Å². The number of carbonyl (C=O) groups is 3. The Labute approximate surface area is 302 Å². The minimum atomic E-state index is -0.878. The van der Waals surface area contributed by atoms with Gasteiger partial charge in [0.15, 0.2) is 0 Å². The second-order valence-electron chi connectivity index (χ2n) is 12.7. The Balaban J connectivity index is 1.57. The van der Waals surface area contributed by atoms with Crippen LogP contribution in [0.2, 0.25) is 5.02 Å². The molecule has 5 rings (SSSR count). The van der Waals surface area contributed by atoms with E-state index >= 15 is 0 Å². The van der Waals surface area contributed by atoms with E-state index in [4.69, 9.17) is 23.1 Å². The van der Waals surface area contributed by atoms with Crippen molar-refractivity contribution in [1.29, 1.82) is 0 Å². The molecule has 0 radical (unpaired) electrons. The number of amides is 3. The number of carbonyl (C=O) groups excluding carboxylic acids is 3. The minimum absolute atomic E-state index is 0.195. The van der Waals surface area contributed by atoms with Crippen molar-refractivity contribution in [3.8, 4) is 0 Å².